The van der Waals surface area contributed by atoms with E-state index in [9.17, 15) is 9.59 Å². The van der Waals surface area contributed by atoms with Crippen LogP contribution in [-0.2, 0) is 4.79 Å². The van der Waals surface area contributed by atoms with Crippen LogP contribution in [-0.4, -0.2) is 40.8 Å². The lowest BCUT2D eigenvalue weighted by Crippen LogP contribution is -2.52. The Bertz CT molecular complexity index is 887. The Labute approximate surface area is 184 Å². The van der Waals surface area contributed by atoms with Gasteiger partial charge in [-0.25, -0.2) is 4.98 Å². The standard InChI is InChI=1S/C20H24Cl2N4O2S/c1-12(2)10-23-18(27)17-5-3-4-8-26(17)19(28)16-11-29-20(25-16)24-13-6-7-14(21)15(22)9-13/h6-7,9,11-12,17H,3-5,8,10H2,1-2H3,(H,23,27)(H,24,25)/t17-/m0/s1. The van der Waals surface area contributed by atoms with Gasteiger partial charge in [0.1, 0.15) is 11.7 Å². The summed E-state index contributed by atoms with van der Waals surface area (Å²) in [6, 6.07) is 4.74. The zero-order chi connectivity index (χ0) is 21.0. The summed E-state index contributed by atoms with van der Waals surface area (Å²) in [7, 11) is 0. The second-order valence-electron chi connectivity index (χ2n) is 7.44. The SMILES string of the molecule is CC(C)CNC(=O)[C@@H]1CCCCN1C(=O)c1csc(Nc2ccc(Cl)c(Cl)c2)n1. The Kier molecular flexibility index (Phi) is 7.38. The van der Waals surface area contributed by atoms with E-state index < -0.39 is 6.04 Å². The fraction of sp³-hybridized carbons (Fsp3) is 0.450. The summed E-state index contributed by atoms with van der Waals surface area (Å²) in [5.74, 6) is 0.0594. The quantitative estimate of drug-likeness (QED) is 0.646. The van der Waals surface area contributed by atoms with Crippen LogP contribution in [0, 0.1) is 5.92 Å². The maximum atomic E-state index is 13.0. The molecule has 2 heterocycles. The van der Waals surface area contributed by atoms with Crippen LogP contribution in [0.25, 0.3) is 0 Å². The van der Waals surface area contributed by atoms with E-state index >= 15 is 0 Å². The molecule has 0 unspecified atom stereocenters. The highest BCUT2D eigenvalue weighted by atomic mass is 35.5. The number of piperidine rings is 1. The topological polar surface area (TPSA) is 74.3 Å². The zero-order valence-corrected chi connectivity index (χ0v) is 18.7. The molecule has 2 aromatic rings. The predicted octanol–water partition coefficient (Wildman–Crippen LogP) is 4.96. The van der Waals surface area contributed by atoms with Crippen molar-refractivity contribution in [1.29, 1.82) is 0 Å². The van der Waals surface area contributed by atoms with Crippen molar-refractivity contribution in [2.75, 3.05) is 18.4 Å². The predicted molar refractivity (Wildman–Crippen MR) is 118 cm³/mol. The van der Waals surface area contributed by atoms with E-state index in [1.54, 1.807) is 28.5 Å². The van der Waals surface area contributed by atoms with Gasteiger partial charge in [-0.2, -0.15) is 0 Å². The molecule has 2 amide bonds. The second-order valence-corrected chi connectivity index (χ2v) is 9.11. The molecule has 2 N–H and O–H groups in total. The van der Waals surface area contributed by atoms with E-state index in [0.29, 0.717) is 46.3 Å². The molecule has 3 rings (SSSR count). The van der Waals surface area contributed by atoms with Crippen molar-refractivity contribution in [2.24, 2.45) is 5.92 Å². The van der Waals surface area contributed by atoms with Gasteiger partial charge in [0.05, 0.1) is 10.0 Å². The van der Waals surface area contributed by atoms with E-state index in [0.717, 1.165) is 18.5 Å². The van der Waals surface area contributed by atoms with Gasteiger partial charge in [0.2, 0.25) is 5.91 Å². The van der Waals surface area contributed by atoms with Crippen molar-refractivity contribution >= 4 is 57.2 Å². The number of amides is 2. The first-order valence-corrected chi connectivity index (χ1v) is 11.2. The average molecular weight is 455 g/mol. The molecule has 0 radical (unpaired) electrons. The van der Waals surface area contributed by atoms with Gasteiger partial charge < -0.3 is 15.5 Å². The lowest BCUT2D eigenvalue weighted by molar-refractivity contribution is -0.126. The van der Waals surface area contributed by atoms with E-state index in [1.807, 2.05) is 13.8 Å². The summed E-state index contributed by atoms with van der Waals surface area (Å²) in [6.45, 7) is 5.25. The number of benzene rings is 1. The third kappa shape index (κ3) is 5.62. The lowest BCUT2D eigenvalue weighted by Gasteiger charge is -2.34. The summed E-state index contributed by atoms with van der Waals surface area (Å²) in [4.78, 5) is 31.7. The first kappa shape index (κ1) is 21.9. The molecule has 9 heteroatoms. The minimum absolute atomic E-state index is 0.0869. The molecule has 0 bridgehead atoms. The Balaban J connectivity index is 1.70. The molecule has 1 atom stereocenters. The largest absolute Gasteiger partial charge is 0.354 e. The van der Waals surface area contributed by atoms with E-state index in [1.165, 1.54) is 11.3 Å². The molecule has 29 heavy (non-hydrogen) atoms. The van der Waals surface area contributed by atoms with Gasteiger partial charge in [-0.1, -0.05) is 37.0 Å². The smallest absolute Gasteiger partial charge is 0.274 e. The zero-order valence-electron chi connectivity index (χ0n) is 16.4. The van der Waals surface area contributed by atoms with E-state index in [4.69, 9.17) is 23.2 Å². The molecule has 6 nitrogen and oxygen atoms in total. The van der Waals surface area contributed by atoms with Gasteiger partial charge in [-0.05, 0) is 43.4 Å². The van der Waals surface area contributed by atoms with Gasteiger partial charge in [0, 0.05) is 24.2 Å². The van der Waals surface area contributed by atoms with Gasteiger partial charge in [0.25, 0.3) is 5.91 Å². The van der Waals surface area contributed by atoms with Crippen LogP contribution in [0.1, 0.15) is 43.6 Å². The number of nitrogens with one attached hydrogen (secondary N) is 2. The van der Waals surface area contributed by atoms with Crippen molar-refractivity contribution in [3.8, 4) is 0 Å². The lowest BCUT2D eigenvalue weighted by atomic mass is 10.0. The second kappa shape index (κ2) is 9.78. The fourth-order valence-electron chi connectivity index (χ4n) is 3.14. The minimum atomic E-state index is -0.441. The van der Waals surface area contributed by atoms with Crippen LogP contribution < -0.4 is 10.6 Å². The van der Waals surface area contributed by atoms with Gasteiger partial charge in [0.15, 0.2) is 5.13 Å². The summed E-state index contributed by atoms with van der Waals surface area (Å²) in [5.41, 5.74) is 1.07. The number of nitrogens with zero attached hydrogens (tertiary/aromatic N) is 2. The van der Waals surface area contributed by atoms with Crippen molar-refractivity contribution in [3.05, 3.63) is 39.3 Å². The van der Waals surface area contributed by atoms with Crippen LogP contribution >= 0.6 is 34.5 Å². The normalized spacial score (nSPS) is 16.7. The molecule has 0 spiro atoms. The molecule has 1 aromatic carbocycles. The monoisotopic (exact) mass is 454 g/mol. The molecule has 1 fully saturated rings. The third-order valence-electron chi connectivity index (χ3n) is 4.65. The maximum Gasteiger partial charge on any atom is 0.274 e. The number of hydrogen-bond donors (Lipinski definition) is 2. The molecular weight excluding hydrogens is 431 g/mol. The number of aromatic nitrogens is 1. The number of carbonyl (C=O) groups is 2. The average Bonchev–Trinajstić information content (AvgIpc) is 3.17. The van der Waals surface area contributed by atoms with Crippen LogP contribution in [0.5, 0.6) is 0 Å². The van der Waals surface area contributed by atoms with E-state index in [2.05, 4.69) is 15.6 Å². The van der Waals surface area contributed by atoms with Gasteiger partial charge in [-0.3, -0.25) is 9.59 Å². The first-order chi connectivity index (χ1) is 13.8. The molecule has 1 aliphatic heterocycles. The summed E-state index contributed by atoms with van der Waals surface area (Å²) < 4.78 is 0. The molecule has 156 valence electrons. The molecular formula is C20H24Cl2N4O2S. The number of thiazole rings is 1. The van der Waals surface area contributed by atoms with Crippen molar-refractivity contribution in [3.63, 3.8) is 0 Å². The Morgan fingerprint density at radius 1 is 1.28 bits per heavy atom. The Morgan fingerprint density at radius 3 is 2.79 bits per heavy atom. The molecule has 1 saturated heterocycles. The highest BCUT2D eigenvalue weighted by Gasteiger charge is 2.33. The minimum Gasteiger partial charge on any atom is -0.354 e. The number of carbonyl (C=O) groups excluding carboxylic acids is 2. The number of hydrogen-bond acceptors (Lipinski definition) is 5. The molecule has 1 aromatic heterocycles. The number of likely N-dealkylation sites (tertiary alicyclic amines) is 1. The molecule has 0 saturated carbocycles. The van der Waals surface area contributed by atoms with Crippen molar-refractivity contribution in [1.82, 2.24) is 15.2 Å². The summed E-state index contributed by atoms with van der Waals surface area (Å²) in [5, 5.41) is 9.27. The Hall–Kier alpha value is -1.83. The van der Waals surface area contributed by atoms with Crippen LogP contribution in [0.15, 0.2) is 23.6 Å². The van der Waals surface area contributed by atoms with Crippen molar-refractivity contribution < 1.29 is 9.59 Å². The highest BCUT2D eigenvalue weighted by Crippen LogP contribution is 2.29. The van der Waals surface area contributed by atoms with Crippen LogP contribution in [0.4, 0.5) is 10.8 Å². The van der Waals surface area contributed by atoms with Gasteiger partial charge >= 0.3 is 0 Å². The highest BCUT2D eigenvalue weighted by molar-refractivity contribution is 7.14. The fourth-order valence-corrected chi connectivity index (χ4v) is 4.15. The number of rotatable bonds is 6. The van der Waals surface area contributed by atoms with Gasteiger partial charge in [-0.15, -0.1) is 11.3 Å². The molecule has 1 aliphatic rings. The van der Waals surface area contributed by atoms with Crippen LogP contribution in [0.2, 0.25) is 10.0 Å². The van der Waals surface area contributed by atoms with Crippen molar-refractivity contribution in [2.45, 2.75) is 39.2 Å². The Morgan fingerprint density at radius 2 is 2.07 bits per heavy atom. The third-order valence-corrected chi connectivity index (χ3v) is 6.14. The van der Waals surface area contributed by atoms with E-state index in [-0.39, 0.29) is 11.8 Å². The summed E-state index contributed by atoms with van der Waals surface area (Å²) >= 11 is 13.3. The van der Waals surface area contributed by atoms with Crippen LogP contribution in [0.3, 0.4) is 0 Å². The summed E-state index contributed by atoms with van der Waals surface area (Å²) in [6.07, 6.45) is 2.50. The number of anilines is 2. The first-order valence-electron chi connectivity index (χ1n) is 9.61. The number of halogens is 2. The molecule has 0 aliphatic carbocycles. The maximum absolute atomic E-state index is 13.0.